The molecule has 1 aliphatic heterocycles. The van der Waals surface area contributed by atoms with Crippen molar-refractivity contribution < 1.29 is 4.79 Å². The van der Waals surface area contributed by atoms with Crippen molar-refractivity contribution in [3.8, 4) is 0 Å². The molecule has 0 bridgehead atoms. The molecule has 4 nitrogen and oxygen atoms in total. The first kappa shape index (κ1) is 14.0. The topological polar surface area (TPSA) is 38.1 Å². The van der Waals surface area contributed by atoms with Gasteiger partial charge in [0.1, 0.15) is 5.82 Å². The van der Waals surface area contributed by atoms with Gasteiger partial charge in [-0.3, -0.25) is 4.79 Å². The number of carbonyl (C=O) groups excluding carboxylic acids is 1. The van der Waals surface area contributed by atoms with Crippen molar-refractivity contribution in [1.29, 1.82) is 0 Å². The molecule has 2 heterocycles. The molecule has 0 spiro atoms. The number of hydrogen-bond donors (Lipinski definition) is 0. The summed E-state index contributed by atoms with van der Waals surface area (Å²) < 4.78 is 2.12. The summed E-state index contributed by atoms with van der Waals surface area (Å²) in [6, 6.07) is 16.2. The van der Waals surface area contributed by atoms with E-state index in [9.17, 15) is 4.79 Å². The van der Waals surface area contributed by atoms with Crippen LogP contribution in [0.15, 0.2) is 48.5 Å². The summed E-state index contributed by atoms with van der Waals surface area (Å²) in [5.41, 5.74) is 4.25. The standard InChI is InChI=1S/C19H19N3O/c1-13-7-3-5-9-16(13)22-12-14(11-18(22)23)19-20-15-8-4-6-10-17(15)21(19)2/h3-10,14H,11-12H2,1-2H3. The molecule has 0 N–H and O–H groups in total. The molecule has 1 atom stereocenters. The molecule has 0 aliphatic carbocycles. The maximum absolute atomic E-state index is 12.5. The molecule has 2 aromatic carbocycles. The lowest BCUT2D eigenvalue weighted by Gasteiger charge is -2.19. The van der Waals surface area contributed by atoms with E-state index < -0.39 is 0 Å². The van der Waals surface area contributed by atoms with Gasteiger partial charge in [0, 0.05) is 31.6 Å². The Balaban J connectivity index is 1.70. The smallest absolute Gasteiger partial charge is 0.227 e. The number of nitrogens with zero attached hydrogens (tertiary/aromatic N) is 3. The van der Waals surface area contributed by atoms with E-state index in [1.54, 1.807) is 0 Å². The van der Waals surface area contributed by atoms with Crippen molar-refractivity contribution in [3.05, 3.63) is 59.9 Å². The third kappa shape index (κ3) is 2.22. The number of para-hydroxylation sites is 3. The van der Waals surface area contributed by atoms with E-state index in [1.165, 1.54) is 0 Å². The highest BCUT2D eigenvalue weighted by Gasteiger charge is 2.34. The maximum Gasteiger partial charge on any atom is 0.227 e. The van der Waals surface area contributed by atoms with Gasteiger partial charge in [-0.15, -0.1) is 0 Å². The van der Waals surface area contributed by atoms with E-state index >= 15 is 0 Å². The molecule has 4 heteroatoms. The summed E-state index contributed by atoms with van der Waals surface area (Å²) in [7, 11) is 2.03. The Bertz CT molecular complexity index is 897. The molecule has 1 fully saturated rings. The maximum atomic E-state index is 12.5. The highest BCUT2D eigenvalue weighted by molar-refractivity contribution is 5.97. The van der Waals surface area contributed by atoms with Gasteiger partial charge in [-0.1, -0.05) is 30.3 Å². The van der Waals surface area contributed by atoms with Crippen LogP contribution in [-0.2, 0) is 11.8 Å². The number of aryl methyl sites for hydroxylation is 2. The molecule has 1 unspecified atom stereocenters. The zero-order valence-corrected chi connectivity index (χ0v) is 13.4. The average Bonchev–Trinajstić information content (AvgIpc) is 3.09. The Hall–Kier alpha value is -2.62. The monoisotopic (exact) mass is 305 g/mol. The molecule has 1 aromatic heterocycles. The number of benzene rings is 2. The number of rotatable bonds is 2. The van der Waals surface area contributed by atoms with Gasteiger partial charge in [0.05, 0.1) is 11.0 Å². The Morgan fingerprint density at radius 3 is 2.61 bits per heavy atom. The van der Waals surface area contributed by atoms with Crippen LogP contribution in [0.3, 0.4) is 0 Å². The Morgan fingerprint density at radius 1 is 1.09 bits per heavy atom. The summed E-state index contributed by atoms with van der Waals surface area (Å²) in [4.78, 5) is 19.2. The van der Waals surface area contributed by atoms with E-state index in [0.29, 0.717) is 13.0 Å². The fourth-order valence-electron chi connectivity index (χ4n) is 3.51. The SMILES string of the molecule is Cc1ccccc1N1CC(c2nc3ccccc3n2C)CC1=O. The predicted octanol–water partition coefficient (Wildman–Crippen LogP) is 3.40. The van der Waals surface area contributed by atoms with Crippen LogP contribution in [0.25, 0.3) is 11.0 Å². The van der Waals surface area contributed by atoms with Crippen molar-refractivity contribution in [1.82, 2.24) is 9.55 Å². The lowest BCUT2D eigenvalue weighted by atomic mass is 10.1. The zero-order valence-electron chi connectivity index (χ0n) is 13.4. The lowest BCUT2D eigenvalue weighted by Crippen LogP contribution is -2.25. The molecule has 116 valence electrons. The van der Waals surface area contributed by atoms with Gasteiger partial charge in [0.15, 0.2) is 0 Å². The van der Waals surface area contributed by atoms with E-state index in [1.807, 2.05) is 61.3 Å². The molecule has 23 heavy (non-hydrogen) atoms. The second-order valence-corrected chi connectivity index (χ2v) is 6.21. The molecule has 0 radical (unpaired) electrons. The van der Waals surface area contributed by atoms with Crippen LogP contribution >= 0.6 is 0 Å². The lowest BCUT2D eigenvalue weighted by molar-refractivity contribution is -0.117. The van der Waals surface area contributed by atoms with Crippen LogP contribution in [0.5, 0.6) is 0 Å². The van der Waals surface area contributed by atoms with Gasteiger partial charge in [0.25, 0.3) is 0 Å². The normalized spacial score (nSPS) is 18.1. The van der Waals surface area contributed by atoms with Crippen molar-refractivity contribution in [2.75, 3.05) is 11.4 Å². The van der Waals surface area contributed by atoms with Gasteiger partial charge in [-0.05, 0) is 30.7 Å². The zero-order chi connectivity index (χ0) is 16.0. The van der Waals surface area contributed by atoms with E-state index in [2.05, 4.69) is 10.6 Å². The Morgan fingerprint density at radius 2 is 1.83 bits per heavy atom. The number of amides is 1. The van der Waals surface area contributed by atoms with Crippen LogP contribution in [0, 0.1) is 6.92 Å². The number of hydrogen-bond acceptors (Lipinski definition) is 2. The highest BCUT2D eigenvalue weighted by Crippen LogP contribution is 2.33. The summed E-state index contributed by atoms with van der Waals surface area (Å²) in [6.07, 6.45) is 0.519. The first-order chi connectivity index (χ1) is 11.1. The largest absolute Gasteiger partial charge is 0.331 e. The summed E-state index contributed by atoms with van der Waals surface area (Å²) in [6.45, 7) is 2.74. The van der Waals surface area contributed by atoms with E-state index in [0.717, 1.165) is 28.1 Å². The summed E-state index contributed by atoms with van der Waals surface area (Å²) >= 11 is 0. The van der Waals surface area contributed by atoms with Gasteiger partial charge in [-0.25, -0.2) is 4.98 Å². The van der Waals surface area contributed by atoms with Gasteiger partial charge in [0.2, 0.25) is 5.91 Å². The third-order valence-electron chi connectivity index (χ3n) is 4.72. The summed E-state index contributed by atoms with van der Waals surface area (Å²) in [5, 5.41) is 0. The van der Waals surface area contributed by atoms with E-state index in [4.69, 9.17) is 4.98 Å². The predicted molar refractivity (Wildman–Crippen MR) is 91.6 cm³/mol. The van der Waals surface area contributed by atoms with Crippen molar-refractivity contribution in [2.24, 2.45) is 7.05 Å². The Labute approximate surface area is 135 Å². The van der Waals surface area contributed by atoms with Crippen molar-refractivity contribution >= 4 is 22.6 Å². The van der Waals surface area contributed by atoms with Crippen LogP contribution in [0.4, 0.5) is 5.69 Å². The molecular weight excluding hydrogens is 286 g/mol. The molecule has 1 saturated heterocycles. The number of fused-ring (bicyclic) bond motifs is 1. The van der Waals surface area contributed by atoms with Crippen LogP contribution in [0.1, 0.15) is 23.7 Å². The molecule has 3 aromatic rings. The highest BCUT2D eigenvalue weighted by atomic mass is 16.2. The van der Waals surface area contributed by atoms with Crippen LogP contribution in [0.2, 0.25) is 0 Å². The molecule has 4 rings (SSSR count). The third-order valence-corrected chi connectivity index (χ3v) is 4.72. The van der Waals surface area contributed by atoms with Crippen LogP contribution < -0.4 is 4.90 Å². The average molecular weight is 305 g/mol. The number of aromatic nitrogens is 2. The second-order valence-electron chi connectivity index (χ2n) is 6.21. The fourth-order valence-corrected chi connectivity index (χ4v) is 3.51. The molecule has 1 amide bonds. The minimum absolute atomic E-state index is 0.138. The first-order valence-corrected chi connectivity index (χ1v) is 7.92. The molecular formula is C19H19N3O. The fraction of sp³-hybridized carbons (Fsp3) is 0.263. The van der Waals surface area contributed by atoms with Crippen molar-refractivity contribution in [3.63, 3.8) is 0 Å². The Kier molecular flexibility index (Phi) is 3.18. The number of carbonyl (C=O) groups is 1. The van der Waals surface area contributed by atoms with Gasteiger partial charge in [-0.2, -0.15) is 0 Å². The second kappa shape index (κ2) is 5.23. The van der Waals surface area contributed by atoms with Crippen LogP contribution in [-0.4, -0.2) is 22.0 Å². The minimum Gasteiger partial charge on any atom is -0.331 e. The quantitative estimate of drug-likeness (QED) is 0.728. The first-order valence-electron chi connectivity index (χ1n) is 7.92. The minimum atomic E-state index is 0.138. The van der Waals surface area contributed by atoms with Gasteiger partial charge >= 0.3 is 0 Å². The molecule has 1 aliphatic rings. The number of imidazole rings is 1. The summed E-state index contributed by atoms with van der Waals surface area (Å²) in [5.74, 6) is 1.31. The van der Waals surface area contributed by atoms with E-state index in [-0.39, 0.29) is 11.8 Å². The molecule has 0 saturated carbocycles. The van der Waals surface area contributed by atoms with Gasteiger partial charge < -0.3 is 9.47 Å². The van der Waals surface area contributed by atoms with Crippen molar-refractivity contribution in [2.45, 2.75) is 19.3 Å². The number of anilines is 1.